The van der Waals surface area contributed by atoms with E-state index in [0.29, 0.717) is 6.20 Å². The molecule has 0 N–H and O–H groups in total. The second-order valence-electron chi connectivity index (χ2n) is 2.14. The maximum absolute atomic E-state index is 12.8. The monoisotopic (exact) mass is 255 g/mol. The molecule has 0 aliphatic heterocycles. The van der Waals surface area contributed by atoms with Crippen LogP contribution in [0, 0.1) is 5.82 Å². The van der Waals surface area contributed by atoms with Crippen LogP contribution < -0.4 is 4.74 Å². The third-order valence-corrected chi connectivity index (χ3v) is 2.15. The maximum atomic E-state index is 12.8. The summed E-state index contributed by atoms with van der Waals surface area (Å²) >= 11 is 2.79. The normalized spacial score (nSPS) is 10.6. The number of pyridine rings is 1. The van der Waals surface area contributed by atoms with Crippen LogP contribution in [0.3, 0.4) is 0 Å². The van der Waals surface area contributed by atoms with Crippen LogP contribution in [-0.2, 0) is 0 Å². The number of hydrogen-bond donors (Lipinski definition) is 0. The predicted octanol–water partition coefficient (Wildman–Crippen LogP) is 2.93. The van der Waals surface area contributed by atoms with Gasteiger partial charge >= 0.3 is 0 Å². The SMILES string of the molecule is COc1ncc(F)c(C(F)F)c1Br. The third kappa shape index (κ3) is 1.93. The molecule has 13 heavy (non-hydrogen) atoms. The van der Waals surface area contributed by atoms with Crippen molar-refractivity contribution in [2.45, 2.75) is 6.43 Å². The highest BCUT2D eigenvalue weighted by Gasteiger charge is 2.21. The highest BCUT2D eigenvalue weighted by Crippen LogP contribution is 2.34. The molecule has 1 aromatic rings. The second kappa shape index (κ2) is 3.95. The molecule has 0 radical (unpaired) electrons. The van der Waals surface area contributed by atoms with Gasteiger partial charge in [0.05, 0.1) is 23.3 Å². The van der Waals surface area contributed by atoms with Gasteiger partial charge < -0.3 is 4.74 Å². The van der Waals surface area contributed by atoms with Gasteiger partial charge in [0.15, 0.2) is 5.82 Å². The summed E-state index contributed by atoms with van der Waals surface area (Å²) < 4.78 is 41.8. The van der Waals surface area contributed by atoms with Gasteiger partial charge in [-0.3, -0.25) is 0 Å². The van der Waals surface area contributed by atoms with Crippen LogP contribution in [0.1, 0.15) is 12.0 Å². The summed E-state index contributed by atoms with van der Waals surface area (Å²) in [5.74, 6) is -1.11. The molecule has 1 rings (SSSR count). The Morgan fingerprint density at radius 3 is 2.62 bits per heavy atom. The summed E-state index contributed by atoms with van der Waals surface area (Å²) in [5.41, 5.74) is -0.730. The van der Waals surface area contributed by atoms with Crippen molar-refractivity contribution >= 4 is 15.9 Å². The highest BCUT2D eigenvalue weighted by atomic mass is 79.9. The van der Waals surface area contributed by atoms with Crippen LogP contribution in [0.5, 0.6) is 5.88 Å². The molecule has 0 atom stereocenters. The van der Waals surface area contributed by atoms with Gasteiger partial charge in [0, 0.05) is 0 Å². The zero-order valence-corrected chi connectivity index (χ0v) is 8.11. The zero-order chi connectivity index (χ0) is 10.0. The average Bonchev–Trinajstić information content (AvgIpc) is 2.04. The van der Waals surface area contributed by atoms with E-state index in [1.807, 2.05) is 0 Å². The Morgan fingerprint density at radius 1 is 1.54 bits per heavy atom. The van der Waals surface area contributed by atoms with Crippen LogP contribution in [0.2, 0.25) is 0 Å². The Morgan fingerprint density at radius 2 is 2.15 bits per heavy atom. The maximum Gasteiger partial charge on any atom is 0.268 e. The molecule has 0 spiro atoms. The fourth-order valence-corrected chi connectivity index (χ4v) is 1.43. The van der Waals surface area contributed by atoms with E-state index in [2.05, 4.69) is 25.7 Å². The van der Waals surface area contributed by atoms with E-state index in [1.165, 1.54) is 7.11 Å². The lowest BCUT2D eigenvalue weighted by Crippen LogP contribution is -1.98. The van der Waals surface area contributed by atoms with Crippen molar-refractivity contribution in [3.8, 4) is 5.88 Å². The van der Waals surface area contributed by atoms with E-state index < -0.39 is 17.8 Å². The van der Waals surface area contributed by atoms with Crippen LogP contribution >= 0.6 is 15.9 Å². The predicted molar refractivity (Wildman–Crippen MR) is 43.4 cm³/mol. The lowest BCUT2D eigenvalue weighted by Gasteiger charge is -2.07. The van der Waals surface area contributed by atoms with Gasteiger partial charge in [0.25, 0.3) is 6.43 Å². The summed E-state index contributed by atoms with van der Waals surface area (Å²) in [6, 6.07) is 0. The molecule has 6 heteroatoms. The van der Waals surface area contributed by atoms with Crippen molar-refractivity contribution in [1.29, 1.82) is 0 Å². The molecule has 1 heterocycles. The quantitative estimate of drug-likeness (QED) is 0.811. The van der Waals surface area contributed by atoms with E-state index in [0.717, 1.165) is 0 Å². The van der Waals surface area contributed by atoms with Crippen molar-refractivity contribution in [3.63, 3.8) is 0 Å². The number of ether oxygens (including phenoxy) is 1. The number of rotatable bonds is 2. The molecule has 0 saturated heterocycles. The number of aromatic nitrogens is 1. The van der Waals surface area contributed by atoms with Gasteiger partial charge in [-0.2, -0.15) is 0 Å². The van der Waals surface area contributed by atoms with Crippen molar-refractivity contribution in [1.82, 2.24) is 4.98 Å². The first-order valence-electron chi connectivity index (χ1n) is 3.24. The molecule has 0 unspecified atom stereocenters. The summed E-state index contributed by atoms with van der Waals surface area (Å²) in [5, 5.41) is 0. The van der Waals surface area contributed by atoms with E-state index >= 15 is 0 Å². The van der Waals surface area contributed by atoms with Gasteiger partial charge in [0.2, 0.25) is 5.88 Å². The number of hydrogen-bond acceptors (Lipinski definition) is 2. The lowest BCUT2D eigenvalue weighted by atomic mass is 10.2. The Bertz CT molecular complexity index is 319. The summed E-state index contributed by atoms with van der Waals surface area (Å²) in [6.07, 6.45) is -2.20. The Balaban J connectivity index is 3.30. The third-order valence-electron chi connectivity index (χ3n) is 1.39. The molecule has 72 valence electrons. The zero-order valence-electron chi connectivity index (χ0n) is 6.52. The molecule has 0 fully saturated rings. The van der Waals surface area contributed by atoms with Crippen molar-refractivity contribution < 1.29 is 17.9 Å². The number of alkyl halides is 2. The Kier molecular flexibility index (Phi) is 3.13. The molecule has 0 amide bonds. The molecule has 0 aromatic carbocycles. The van der Waals surface area contributed by atoms with Crippen molar-refractivity contribution in [3.05, 3.63) is 22.1 Å². The molecule has 0 aliphatic carbocycles. The molecular weight excluding hydrogens is 251 g/mol. The molecule has 1 aromatic heterocycles. The summed E-state index contributed by atoms with van der Waals surface area (Å²) in [6.45, 7) is 0. The van der Waals surface area contributed by atoms with Gasteiger partial charge in [-0.05, 0) is 15.9 Å². The van der Waals surface area contributed by atoms with E-state index in [4.69, 9.17) is 0 Å². The highest BCUT2D eigenvalue weighted by molar-refractivity contribution is 9.10. The van der Waals surface area contributed by atoms with Crippen molar-refractivity contribution in [2.24, 2.45) is 0 Å². The molecule has 2 nitrogen and oxygen atoms in total. The van der Waals surface area contributed by atoms with E-state index in [-0.39, 0.29) is 10.4 Å². The average molecular weight is 256 g/mol. The minimum Gasteiger partial charge on any atom is -0.480 e. The van der Waals surface area contributed by atoms with Gasteiger partial charge in [-0.15, -0.1) is 0 Å². The molecule has 0 aliphatic rings. The smallest absolute Gasteiger partial charge is 0.268 e. The standard InChI is InChI=1S/C7H5BrF3NO/c1-13-7-5(8)4(6(10)11)3(9)2-12-7/h2,6H,1H3. The lowest BCUT2D eigenvalue weighted by molar-refractivity contribution is 0.144. The van der Waals surface area contributed by atoms with Crippen LogP contribution in [0.25, 0.3) is 0 Å². The van der Waals surface area contributed by atoms with Gasteiger partial charge in [-0.25, -0.2) is 18.2 Å². The number of methoxy groups -OCH3 is 1. The van der Waals surface area contributed by atoms with Crippen LogP contribution in [0.4, 0.5) is 13.2 Å². The minimum atomic E-state index is -2.90. The largest absolute Gasteiger partial charge is 0.480 e. The van der Waals surface area contributed by atoms with E-state index in [1.54, 1.807) is 0 Å². The molecule has 0 bridgehead atoms. The van der Waals surface area contributed by atoms with Crippen LogP contribution in [0.15, 0.2) is 10.7 Å². The Hall–Kier alpha value is -0.780. The second-order valence-corrected chi connectivity index (χ2v) is 2.94. The first-order valence-corrected chi connectivity index (χ1v) is 4.03. The number of halogens is 4. The first-order chi connectivity index (χ1) is 6.07. The Labute approximate surface area is 80.9 Å². The van der Waals surface area contributed by atoms with Crippen LogP contribution in [-0.4, -0.2) is 12.1 Å². The summed E-state index contributed by atoms with van der Waals surface area (Å²) in [7, 11) is 1.26. The molecular formula is C7H5BrF3NO. The van der Waals surface area contributed by atoms with Crippen molar-refractivity contribution in [2.75, 3.05) is 7.11 Å². The fourth-order valence-electron chi connectivity index (χ4n) is 0.804. The number of nitrogens with zero attached hydrogens (tertiary/aromatic N) is 1. The van der Waals surface area contributed by atoms with Gasteiger partial charge in [-0.1, -0.05) is 0 Å². The molecule has 0 saturated carbocycles. The summed E-state index contributed by atoms with van der Waals surface area (Å²) in [4.78, 5) is 3.46. The topological polar surface area (TPSA) is 22.1 Å². The first kappa shape index (κ1) is 10.3. The minimum absolute atomic E-state index is 0.0586. The van der Waals surface area contributed by atoms with Gasteiger partial charge in [0.1, 0.15) is 0 Å². The van der Waals surface area contributed by atoms with E-state index in [9.17, 15) is 13.2 Å². The fraction of sp³-hybridized carbons (Fsp3) is 0.286.